The number of carbonyl (C=O) groups is 3. The van der Waals surface area contributed by atoms with Crippen LogP contribution in [0.3, 0.4) is 0 Å². The highest BCUT2D eigenvalue weighted by molar-refractivity contribution is 6.07. The zero-order valence-electron chi connectivity index (χ0n) is 29.2. The van der Waals surface area contributed by atoms with Crippen LogP contribution in [0.25, 0.3) is 0 Å². The molecule has 13 heteroatoms. The van der Waals surface area contributed by atoms with Crippen LogP contribution in [-0.4, -0.2) is 45.6 Å². The zero-order valence-corrected chi connectivity index (χ0v) is 29.2. The van der Waals surface area contributed by atoms with Gasteiger partial charge >= 0.3 is 17.8 Å². The molecule has 2 aromatic carbocycles. The molecule has 1 heterocycles. The fourth-order valence-corrected chi connectivity index (χ4v) is 7.43. The van der Waals surface area contributed by atoms with Crippen molar-refractivity contribution < 1.29 is 47.1 Å². The summed E-state index contributed by atoms with van der Waals surface area (Å²) in [7, 11) is 0. The zero-order chi connectivity index (χ0) is 37.6. The molecule has 0 saturated heterocycles. The molecular weight excluding hydrogens is 669 g/mol. The molecule has 3 aliphatic rings. The number of alkyl halides is 3. The number of nitro groups is 1. The number of hydrogen-bond acceptors (Lipinski definition) is 8. The molecule has 2 aromatic rings. The van der Waals surface area contributed by atoms with Crippen molar-refractivity contribution in [1.82, 2.24) is 4.90 Å². The maximum atomic E-state index is 14.2. The largest absolute Gasteiger partial charge is 0.490 e. The van der Waals surface area contributed by atoms with Crippen molar-refractivity contribution in [3.8, 4) is 17.2 Å². The Bertz CT molecular complexity index is 1840. The van der Waals surface area contributed by atoms with Gasteiger partial charge in [0.25, 0.3) is 0 Å². The molecule has 0 saturated carbocycles. The lowest BCUT2D eigenvalue weighted by Gasteiger charge is -2.49. The highest BCUT2D eigenvalue weighted by atomic mass is 19.4. The molecule has 2 aliphatic carbocycles. The normalized spacial score (nSPS) is 18.7. The molecule has 0 atom stereocenters. The number of nitrogens with zero attached hydrogens (tertiary/aromatic N) is 2. The van der Waals surface area contributed by atoms with Crippen LogP contribution in [0.1, 0.15) is 89.3 Å². The van der Waals surface area contributed by atoms with Crippen molar-refractivity contribution in [3.05, 3.63) is 92.3 Å². The van der Waals surface area contributed by atoms with Crippen molar-refractivity contribution in [1.29, 1.82) is 0 Å². The van der Waals surface area contributed by atoms with Gasteiger partial charge in [0.2, 0.25) is 5.75 Å². The summed E-state index contributed by atoms with van der Waals surface area (Å²) < 4.78 is 52.3. The molecule has 0 bridgehead atoms. The molecule has 0 amide bonds. The summed E-state index contributed by atoms with van der Waals surface area (Å²) in [4.78, 5) is 53.0. The Labute approximate surface area is 293 Å². The summed E-state index contributed by atoms with van der Waals surface area (Å²) in [5, 5.41) is 21.6. The minimum absolute atomic E-state index is 0.0119. The highest BCUT2D eigenvalue weighted by Crippen LogP contribution is 2.55. The van der Waals surface area contributed by atoms with Gasteiger partial charge in [0.1, 0.15) is 0 Å². The van der Waals surface area contributed by atoms with Crippen LogP contribution >= 0.6 is 0 Å². The smallest absolute Gasteiger partial charge is 0.416 e. The minimum Gasteiger partial charge on any atom is -0.490 e. The number of halogens is 3. The first-order valence-corrected chi connectivity index (χ1v) is 16.7. The molecular formula is C38H41F3N2O8. The minimum atomic E-state index is -4.82. The fourth-order valence-electron chi connectivity index (χ4n) is 7.43. The van der Waals surface area contributed by atoms with Gasteiger partial charge in [-0.2, -0.15) is 13.2 Å². The number of carbonyl (C=O) groups excluding carboxylic acids is 2. The Morgan fingerprint density at radius 1 is 1.02 bits per heavy atom. The van der Waals surface area contributed by atoms with E-state index in [1.165, 1.54) is 0 Å². The second kappa shape index (κ2) is 13.6. The van der Waals surface area contributed by atoms with E-state index >= 15 is 0 Å². The molecule has 10 nitrogen and oxygen atoms in total. The molecule has 1 aliphatic heterocycles. The molecule has 0 fully saturated rings. The summed E-state index contributed by atoms with van der Waals surface area (Å²) in [5.41, 5.74) is 0.109. The third-order valence-corrected chi connectivity index (χ3v) is 9.42. The number of rotatable bonds is 11. The lowest BCUT2D eigenvalue weighted by atomic mass is 9.63. The van der Waals surface area contributed by atoms with E-state index < -0.39 is 50.8 Å². The van der Waals surface area contributed by atoms with Crippen molar-refractivity contribution >= 4 is 23.2 Å². The van der Waals surface area contributed by atoms with E-state index in [1.807, 2.05) is 32.6 Å². The predicted octanol–water partition coefficient (Wildman–Crippen LogP) is 8.69. The number of ketones is 2. The Morgan fingerprint density at radius 2 is 1.61 bits per heavy atom. The fraction of sp³-hybridized carbons (Fsp3) is 0.447. The number of carboxylic acid groups (broad SMARTS) is 1. The average Bonchev–Trinajstić information content (AvgIpc) is 2.99. The molecule has 1 N–H and O–H groups in total. The summed E-state index contributed by atoms with van der Waals surface area (Å²) in [6.45, 7) is 13.6. The van der Waals surface area contributed by atoms with E-state index in [1.54, 1.807) is 25.1 Å². The number of nitro benzene ring substituents is 1. The van der Waals surface area contributed by atoms with Gasteiger partial charge in [-0.3, -0.25) is 24.5 Å². The van der Waals surface area contributed by atoms with Gasteiger partial charge in [0, 0.05) is 59.5 Å². The summed E-state index contributed by atoms with van der Waals surface area (Å²) in [6, 6.07) is 5.30. The predicted molar refractivity (Wildman–Crippen MR) is 181 cm³/mol. The monoisotopic (exact) mass is 710 g/mol. The van der Waals surface area contributed by atoms with Crippen LogP contribution in [0.4, 0.5) is 18.9 Å². The first-order chi connectivity index (χ1) is 23.8. The topological polar surface area (TPSA) is 136 Å². The number of ether oxygens (including phenoxy) is 2. The van der Waals surface area contributed by atoms with Crippen molar-refractivity contribution in [2.75, 3.05) is 13.2 Å². The maximum absolute atomic E-state index is 14.2. The lowest BCUT2D eigenvalue weighted by Crippen LogP contribution is -2.45. The second-order valence-electron chi connectivity index (χ2n) is 14.8. The van der Waals surface area contributed by atoms with Gasteiger partial charge in [-0.15, -0.1) is 6.58 Å². The third-order valence-electron chi connectivity index (χ3n) is 9.42. The highest BCUT2D eigenvalue weighted by Gasteiger charge is 2.49. The van der Waals surface area contributed by atoms with Crippen molar-refractivity contribution in [2.24, 2.45) is 10.8 Å². The molecule has 272 valence electrons. The second-order valence-corrected chi connectivity index (χ2v) is 14.8. The van der Waals surface area contributed by atoms with E-state index in [4.69, 9.17) is 9.47 Å². The molecule has 0 unspecified atom stereocenters. The summed E-state index contributed by atoms with van der Waals surface area (Å²) >= 11 is 0. The third kappa shape index (κ3) is 7.57. The van der Waals surface area contributed by atoms with Gasteiger partial charge in [-0.05, 0) is 60.8 Å². The van der Waals surface area contributed by atoms with E-state index in [0.29, 0.717) is 58.6 Å². The van der Waals surface area contributed by atoms with Crippen molar-refractivity contribution in [3.63, 3.8) is 0 Å². The Kier molecular flexibility index (Phi) is 9.99. The van der Waals surface area contributed by atoms with E-state index in [9.17, 15) is 42.8 Å². The SMILES string of the molecule is C=CCc1cc(C2C3=C(CC(C)(C)CC3=O)N(CCC(=O)O)C3=C2C(=O)CC(C)(C)C3)cc(OCC)c1Oc1ccc(C(F)(F)F)cc1[N+](=O)[O-]. The Balaban J connectivity index is 1.76. The van der Waals surface area contributed by atoms with E-state index in [-0.39, 0.29) is 61.9 Å². The standard InChI is InChI=1S/C38H41F3N2O8/c1-7-9-21-14-22(15-30(50-8-2)35(21)51-29-11-10-23(38(39,40)41)16-24(29)43(48)49)32-33-25(17-36(3,4)19-27(33)44)42(13-12-31(46)47)26-18-37(5,6)20-28(45)34(26)32/h7,10-11,14-16,32H,1,8-9,12-13,17-20H2,2-6H3,(H,46,47). The van der Waals surface area contributed by atoms with Crippen LogP contribution in [0, 0.1) is 20.9 Å². The van der Waals surface area contributed by atoms with Crippen LogP contribution in [0.15, 0.2) is 65.5 Å². The molecule has 51 heavy (non-hydrogen) atoms. The van der Waals surface area contributed by atoms with E-state index in [2.05, 4.69) is 6.58 Å². The summed E-state index contributed by atoms with van der Waals surface area (Å²) in [5.74, 6) is -2.50. The summed E-state index contributed by atoms with van der Waals surface area (Å²) in [6.07, 6.45) is -2.01. The number of Topliss-reactive ketones (excluding diaryl/α,β-unsaturated/α-hetero) is 2. The van der Waals surface area contributed by atoms with Crippen LogP contribution in [0.5, 0.6) is 17.2 Å². The van der Waals surface area contributed by atoms with Gasteiger partial charge in [-0.1, -0.05) is 39.8 Å². The van der Waals surface area contributed by atoms with Gasteiger partial charge in [0.05, 0.1) is 23.5 Å². The van der Waals surface area contributed by atoms with Gasteiger partial charge in [0.15, 0.2) is 23.1 Å². The average molecular weight is 711 g/mol. The quantitative estimate of drug-likeness (QED) is 0.138. The first kappa shape index (κ1) is 37.3. The molecule has 5 rings (SSSR count). The van der Waals surface area contributed by atoms with E-state index in [0.717, 1.165) is 6.07 Å². The number of allylic oxidation sites excluding steroid dienone is 5. The van der Waals surface area contributed by atoms with Crippen LogP contribution in [0.2, 0.25) is 0 Å². The number of carboxylic acids is 1. The maximum Gasteiger partial charge on any atom is 0.416 e. The first-order valence-electron chi connectivity index (χ1n) is 16.7. The van der Waals surface area contributed by atoms with Gasteiger partial charge in [-0.25, -0.2) is 0 Å². The molecule has 0 aromatic heterocycles. The lowest BCUT2D eigenvalue weighted by molar-refractivity contribution is -0.385. The Hall–Kier alpha value is -4.94. The van der Waals surface area contributed by atoms with Crippen LogP contribution in [-0.2, 0) is 27.0 Å². The molecule has 0 spiro atoms. The van der Waals surface area contributed by atoms with Crippen LogP contribution < -0.4 is 9.47 Å². The van der Waals surface area contributed by atoms with Crippen molar-refractivity contribution in [2.45, 2.75) is 85.2 Å². The number of hydrogen-bond donors (Lipinski definition) is 1. The number of aliphatic carboxylic acids is 1. The van der Waals surface area contributed by atoms with Gasteiger partial charge < -0.3 is 19.5 Å². The number of benzene rings is 2. The molecule has 0 radical (unpaired) electrons. The Morgan fingerprint density at radius 3 is 2.10 bits per heavy atom.